The van der Waals surface area contributed by atoms with Crippen LogP contribution >= 0.6 is 0 Å². The van der Waals surface area contributed by atoms with Gasteiger partial charge in [0.2, 0.25) is 0 Å². The summed E-state index contributed by atoms with van der Waals surface area (Å²) in [5.41, 5.74) is 2.61. The Balaban J connectivity index is 4.42. The third-order valence-electron chi connectivity index (χ3n) is 1.88. The lowest BCUT2D eigenvalue weighted by Gasteiger charge is -2.07. The zero-order chi connectivity index (χ0) is 10.3. The average Bonchev–Trinajstić information content (AvgIpc) is 2.03. The van der Waals surface area contributed by atoms with Crippen molar-refractivity contribution < 1.29 is 0 Å². The van der Waals surface area contributed by atoms with E-state index in [-0.39, 0.29) is 0 Å². The van der Waals surface area contributed by atoms with Gasteiger partial charge in [-0.1, -0.05) is 49.3 Å². The topological polar surface area (TPSA) is 0 Å². The van der Waals surface area contributed by atoms with E-state index >= 15 is 0 Å². The van der Waals surface area contributed by atoms with Gasteiger partial charge in [0.05, 0.1) is 0 Å². The van der Waals surface area contributed by atoms with Crippen LogP contribution in [0.5, 0.6) is 0 Å². The fourth-order valence-corrected chi connectivity index (χ4v) is 1.28. The molecule has 0 rings (SSSR count). The minimum atomic E-state index is 0.528. The van der Waals surface area contributed by atoms with Crippen LogP contribution in [0.15, 0.2) is 36.0 Å². The molecule has 0 aliphatic rings. The molecular weight excluding hydrogens is 156 g/mol. The highest BCUT2D eigenvalue weighted by Gasteiger charge is 1.99. The van der Waals surface area contributed by atoms with Crippen molar-refractivity contribution in [2.45, 2.75) is 33.6 Å². The molecule has 0 aromatic heterocycles. The van der Waals surface area contributed by atoms with Crippen LogP contribution in [0.3, 0.4) is 0 Å². The van der Waals surface area contributed by atoms with E-state index in [1.165, 1.54) is 11.1 Å². The first-order chi connectivity index (χ1) is 6.10. The molecule has 0 aliphatic carbocycles. The maximum Gasteiger partial charge on any atom is -0.00453 e. The van der Waals surface area contributed by atoms with Crippen LogP contribution in [0.4, 0.5) is 0 Å². The van der Waals surface area contributed by atoms with Gasteiger partial charge in [-0.2, -0.15) is 0 Å². The summed E-state index contributed by atoms with van der Waals surface area (Å²) >= 11 is 0. The fraction of sp³-hybridized carbons (Fsp3) is 0.462. The summed E-state index contributed by atoms with van der Waals surface area (Å²) < 4.78 is 0. The normalized spacial score (nSPS) is 13.7. The van der Waals surface area contributed by atoms with Crippen molar-refractivity contribution in [1.82, 2.24) is 0 Å². The number of allylic oxidation sites excluding steroid dienone is 5. The quantitative estimate of drug-likeness (QED) is 0.433. The smallest absolute Gasteiger partial charge is 0.00453 e. The Bertz CT molecular complexity index is 202. The standard InChI is InChI=1S/C13H21/c1-6-8-13(9-11(3)4)10-12(5)7-2/h7,9-10,13H,1-2,6,8H2,3-5H3. The molecular formula is C13H21. The van der Waals surface area contributed by atoms with Gasteiger partial charge in [0.1, 0.15) is 0 Å². The molecule has 0 saturated carbocycles. The van der Waals surface area contributed by atoms with Gasteiger partial charge in [0.15, 0.2) is 0 Å². The first-order valence-electron chi connectivity index (χ1n) is 4.85. The van der Waals surface area contributed by atoms with Crippen molar-refractivity contribution in [2.75, 3.05) is 0 Å². The predicted molar refractivity (Wildman–Crippen MR) is 61.5 cm³/mol. The summed E-state index contributed by atoms with van der Waals surface area (Å²) in [7, 11) is 0. The molecule has 0 amide bonds. The number of rotatable bonds is 5. The molecule has 0 heterocycles. The molecule has 1 unspecified atom stereocenters. The van der Waals surface area contributed by atoms with Crippen molar-refractivity contribution in [3.05, 3.63) is 42.9 Å². The van der Waals surface area contributed by atoms with E-state index in [0.29, 0.717) is 5.92 Å². The molecule has 0 nitrogen and oxygen atoms in total. The Hall–Kier alpha value is -0.780. The average molecular weight is 177 g/mol. The maximum absolute atomic E-state index is 3.88. The second kappa shape index (κ2) is 6.71. The molecule has 1 radical (unpaired) electrons. The lowest BCUT2D eigenvalue weighted by Crippen LogP contribution is -1.93. The molecule has 0 spiro atoms. The molecule has 0 aliphatic heterocycles. The Kier molecular flexibility index (Phi) is 6.30. The van der Waals surface area contributed by atoms with Crippen molar-refractivity contribution in [3.8, 4) is 0 Å². The monoisotopic (exact) mass is 177 g/mol. The van der Waals surface area contributed by atoms with E-state index in [1.807, 2.05) is 6.08 Å². The van der Waals surface area contributed by atoms with Crippen LogP contribution in [-0.4, -0.2) is 0 Å². The van der Waals surface area contributed by atoms with E-state index in [1.54, 1.807) is 0 Å². The zero-order valence-corrected chi connectivity index (χ0v) is 9.14. The molecule has 0 bridgehead atoms. The second-order valence-corrected chi connectivity index (χ2v) is 3.66. The molecule has 13 heavy (non-hydrogen) atoms. The van der Waals surface area contributed by atoms with E-state index in [0.717, 1.165) is 12.8 Å². The van der Waals surface area contributed by atoms with E-state index in [9.17, 15) is 0 Å². The Morgan fingerprint density at radius 3 is 2.23 bits per heavy atom. The molecule has 0 fully saturated rings. The first-order valence-corrected chi connectivity index (χ1v) is 4.85. The highest BCUT2D eigenvalue weighted by molar-refractivity contribution is 5.17. The highest BCUT2D eigenvalue weighted by Crippen LogP contribution is 2.14. The van der Waals surface area contributed by atoms with Gasteiger partial charge >= 0.3 is 0 Å². The molecule has 1 atom stereocenters. The zero-order valence-electron chi connectivity index (χ0n) is 9.14. The van der Waals surface area contributed by atoms with Crippen LogP contribution in [0, 0.1) is 12.8 Å². The van der Waals surface area contributed by atoms with Crippen LogP contribution < -0.4 is 0 Å². The molecule has 0 N–H and O–H groups in total. The molecule has 0 heteroatoms. The van der Waals surface area contributed by atoms with Crippen LogP contribution in [0.25, 0.3) is 0 Å². The number of hydrogen-bond acceptors (Lipinski definition) is 0. The van der Waals surface area contributed by atoms with Crippen molar-refractivity contribution in [1.29, 1.82) is 0 Å². The summed E-state index contributed by atoms with van der Waals surface area (Å²) in [5.74, 6) is 0.528. The van der Waals surface area contributed by atoms with Crippen LogP contribution in [0.1, 0.15) is 33.6 Å². The van der Waals surface area contributed by atoms with Crippen molar-refractivity contribution in [2.24, 2.45) is 5.92 Å². The lowest BCUT2D eigenvalue weighted by molar-refractivity contribution is 0.712. The van der Waals surface area contributed by atoms with Gasteiger partial charge in [-0.15, -0.1) is 0 Å². The van der Waals surface area contributed by atoms with Gasteiger partial charge in [-0.25, -0.2) is 0 Å². The minimum Gasteiger partial charge on any atom is -0.0988 e. The van der Waals surface area contributed by atoms with Gasteiger partial charge < -0.3 is 0 Å². The van der Waals surface area contributed by atoms with Gasteiger partial charge in [0, 0.05) is 0 Å². The maximum atomic E-state index is 3.88. The van der Waals surface area contributed by atoms with Gasteiger partial charge in [-0.05, 0) is 33.1 Å². The summed E-state index contributed by atoms with van der Waals surface area (Å²) in [4.78, 5) is 0. The Labute approximate surface area is 83.0 Å². The third-order valence-corrected chi connectivity index (χ3v) is 1.88. The van der Waals surface area contributed by atoms with Crippen LogP contribution in [0.2, 0.25) is 0 Å². The van der Waals surface area contributed by atoms with Crippen molar-refractivity contribution >= 4 is 0 Å². The second-order valence-electron chi connectivity index (χ2n) is 3.66. The molecule has 73 valence electrons. The summed E-state index contributed by atoms with van der Waals surface area (Å²) in [5, 5.41) is 0. The molecule has 0 aromatic carbocycles. The summed E-state index contributed by atoms with van der Waals surface area (Å²) in [6.07, 6.45) is 8.55. The van der Waals surface area contributed by atoms with Gasteiger partial charge in [0.25, 0.3) is 0 Å². The molecule has 0 saturated heterocycles. The molecule has 0 aromatic rings. The Morgan fingerprint density at radius 1 is 1.23 bits per heavy atom. The van der Waals surface area contributed by atoms with E-state index in [4.69, 9.17) is 0 Å². The summed E-state index contributed by atoms with van der Waals surface area (Å²) in [6, 6.07) is 0. The fourth-order valence-electron chi connectivity index (χ4n) is 1.28. The lowest BCUT2D eigenvalue weighted by atomic mass is 9.98. The first kappa shape index (κ1) is 12.2. The van der Waals surface area contributed by atoms with E-state index < -0.39 is 0 Å². The highest BCUT2D eigenvalue weighted by atomic mass is 14.0. The van der Waals surface area contributed by atoms with E-state index in [2.05, 4.69) is 46.4 Å². The summed E-state index contributed by atoms with van der Waals surface area (Å²) in [6.45, 7) is 14.0. The number of hydrogen-bond donors (Lipinski definition) is 0. The SMILES string of the molecule is [CH2]CCC(C=C(C)C)C=C(C)C=C. The van der Waals surface area contributed by atoms with Crippen LogP contribution in [-0.2, 0) is 0 Å². The van der Waals surface area contributed by atoms with Gasteiger partial charge in [-0.3, -0.25) is 0 Å². The third kappa shape index (κ3) is 6.39. The van der Waals surface area contributed by atoms with Crippen molar-refractivity contribution in [3.63, 3.8) is 0 Å². The Morgan fingerprint density at radius 2 is 1.85 bits per heavy atom. The minimum absolute atomic E-state index is 0.528. The largest absolute Gasteiger partial charge is 0.0988 e. The predicted octanol–water partition coefficient (Wildman–Crippen LogP) is 4.32.